The second kappa shape index (κ2) is 6.17. The maximum atomic E-state index is 13.9. The fourth-order valence-corrected chi connectivity index (χ4v) is 7.48. The van der Waals surface area contributed by atoms with Crippen LogP contribution in [0.2, 0.25) is 13.1 Å². The third-order valence-corrected chi connectivity index (χ3v) is 12.7. The van der Waals surface area contributed by atoms with E-state index in [0.29, 0.717) is 10.1 Å². The normalized spacial score (nSPS) is 29.8. The molecule has 1 saturated carbocycles. The Bertz CT molecular complexity index is 837. The molecule has 0 atom stereocenters. The van der Waals surface area contributed by atoms with Gasteiger partial charge in [0.15, 0.2) is 9.84 Å². The standard InChI is InChI=1S/C16H25BrO2SSi/c1-16(11-7-4-8-12-16)20(18,19)14-9-5-6-10-15(14)21(2,3)13-17/h5-6,9-10H,4,7-8,11-13H2,1-3H3/i1D3,11D2,12D2. The first-order valence-electron chi connectivity index (χ1n) is 10.4. The minimum absolute atomic E-state index is 0.0800. The number of rotatable bonds is 4. The number of halogens is 1. The summed E-state index contributed by atoms with van der Waals surface area (Å²) in [7, 11) is -7.27. The maximum Gasteiger partial charge on any atom is 0.183 e. The molecule has 0 amide bonds. The highest BCUT2D eigenvalue weighted by Crippen LogP contribution is 2.38. The van der Waals surface area contributed by atoms with Crippen molar-refractivity contribution < 1.29 is 18.0 Å². The average molecular weight is 396 g/mol. The molecule has 0 spiro atoms. The summed E-state index contributed by atoms with van der Waals surface area (Å²) in [5.74, 6) is 0. The fourth-order valence-electron chi connectivity index (χ4n) is 2.37. The summed E-state index contributed by atoms with van der Waals surface area (Å²) >= 11 is 3.41. The predicted octanol–water partition coefficient (Wildman–Crippen LogP) is 4.03. The minimum Gasteiger partial charge on any atom is -0.223 e. The molecule has 1 aliphatic rings. The van der Waals surface area contributed by atoms with Crippen LogP contribution in [-0.4, -0.2) is 26.2 Å². The Balaban J connectivity index is 2.99. The summed E-state index contributed by atoms with van der Waals surface area (Å²) in [6.45, 7) is 0.441. The lowest BCUT2D eigenvalue weighted by Crippen LogP contribution is -2.49. The smallest absolute Gasteiger partial charge is 0.183 e. The summed E-state index contributed by atoms with van der Waals surface area (Å²) in [6.07, 6.45) is -6.09. The molecule has 21 heavy (non-hydrogen) atoms. The van der Waals surface area contributed by atoms with Crippen LogP contribution in [0.5, 0.6) is 0 Å². The maximum absolute atomic E-state index is 13.9. The van der Waals surface area contributed by atoms with Crippen LogP contribution in [0, 0.1) is 0 Å². The monoisotopic (exact) mass is 395 g/mol. The zero-order chi connectivity index (χ0) is 21.8. The van der Waals surface area contributed by atoms with Crippen LogP contribution in [0.25, 0.3) is 0 Å². The fraction of sp³-hybridized carbons (Fsp3) is 0.625. The predicted molar refractivity (Wildman–Crippen MR) is 96.0 cm³/mol. The van der Waals surface area contributed by atoms with Crippen LogP contribution < -0.4 is 5.19 Å². The highest BCUT2D eigenvalue weighted by molar-refractivity contribution is 9.09. The van der Waals surface area contributed by atoms with Crippen molar-refractivity contribution in [3.63, 3.8) is 0 Å². The first-order valence-corrected chi connectivity index (χ1v) is 12.7. The lowest BCUT2D eigenvalue weighted by molar-refractivity contribution is 0.395. The Kier molecular flexibility index (Phi) is 2.90. The second-order valence-corrected chi connectivity index (χ2v) is 14.2. The second-order valence-electron chi connectivity index (χ2n) is 5.91. The molecule has 0 saturated heterocycles. The SMILES string of the molecule is [2H]C([2H])([2H])C1(S(=O)(=O)c2ccccc2[Si](C)(C)CBr)C([2H])([2H])CCCC1([2H])[2H]. The molecule has 0 unspecified atom stereocenters. The van der Waals surface area contributed by atoms with Gasteiger partial charge in [0.1, 0.15) is 0 Å². The van der Waals surface area contributed by atoms with Crippen molar-refractivity contribution in [3.05, 3.63) is 24.3 Å². The molecule has 0 aliphatic heterocycles. The molecule has 2 nitrogen and oxygen atoms in total. The van der Waals surface area contributed by atoms with E-state index in [-0.39, 0.29) is 24.2 Å². The third kappa shape index (κ3) is 3.15. The van der Waals surface area contributed by atoms with Crippen LogP contribution >= 0.6 is 15.9 Å². The summed E-state index contributed by atoms with van der Waals surface area (Å²) in [6, 6.07) is 6.05. The van der Waals surface area contributed by atoms with E-state index in [1.165, 1.54) is 12.1 Å². The first kappa shape index (κ1) is 9.88. The largest absolute Gasteiger partial charge is 0.223 e. The van der Waals surface area contributed by atoms with E-state index >= 15 is 0 Å². The first-order chi connectivity index (χ1) is 12.5. The van der Waals surface area contributed by atoms with Crippen molar-refractivity contribution in [2.45, 2.75) is 61.6 Å². The molecule has 0 bridgehead atoms. The quantitative estimate of drug-likeness (QED) is 0.569. The van der Waals surface area contributed by atoms with E-state index in [1.807, 2.05) is 13.1 Å². The molecule has 0 radical (unpaired) electrons. The molecule has 1 aromatic rings. The van der Waals surface area contributed by atoms with Gasteiger partial charge in [0.25, 0.3) is 0 Å². The van der Waals surface area contributed by atoms with Crippen LogP contribution in [0.15, 0.2) is 29.2 Å². The Morgan fingerprint density at radius 1 is 1.29 bits per heavy atom. The lowest BCUT2D eigenvalue weighted by Gasteiger charge is -2.35. The summed E-state index contributed by atoms with van der Waals surface area (Å²) < 4.78 is 82.4. The van der Waals surface area contributed by atoms with E-state index in [2.05, 4.69) is 15.9 Å². The number of benzene rings is 1. The Hall–Kier alpha value is -0.133. The van der Waals surface area contributed by atoms with Gasteiger partial charge in [-0.05, 0) is 30.9 Å². The van der Waals surface area contributed by atoms with Gasteiger partial charge >= 0.3 is 0 Å². The molecule has 1 aromatic carbocycles. The Morgan fingerprint density at radius 2 is 1.90 bits per heavy atom. The van der Waals surface area contributed by atoms with Crippen LogP contribution in [0.3, 0.4) is 0 Å². The molecular weight excluding hydrogens is 364 g/mol. The van der Waals surface area contributed by atoms with E-state index in [4.69, 9.17) is 9.60 Å². The molecule has 0 aromatic heterocycles. The van der Waals surface area contributed by atoms with Crippen molar-refractivity contribution in [1.82, 2.24) is 0 Å². The van der Waals surface area contributed by atoms with Crippen LogP contribution in [-0.2, 0) is 9.84 Å². The lowest BCUT2D eigenvalue weighted by atomic mass is 9.90. The van der Waals surface area contributed by atoms with Gasteiger partial charge in [-0.25, -0.2) is 8.42 Å². The number of hydrogen-bond donors (Lipinski definition) is 0. The average Bonchev–Trinajstić information content (AvgIpc) is 2.51. The third-order valence-electron chi connectivity index (χ3n) is 3.74. The summed E-state index contributed by atoms with van der Waals surface area (Å²) in [4.78, 5) is 0.254. The van der Waals surface area contributed by atoms with E-state index in [0.717, 1.165) is 0 Å². The van der Waals surface area contributed by atoms with Crippen molar-refractivity contribution >= 4 is 39.0 Å². The van der Waals surface area contributed by atoms with Gasteiger partial charge < -0.3 is 0 Å². The topological polar surface area (TPSA) is 34.1 Å². The molecule has 5 heteroatoms. The van der Waals surface area contributed by atoms with Gasteiger partial charge in [0.05, 0.1) is 17.7 Å². The Labute approximate surface area is 148 Å². The zero-order valence-corrected chi connectivity index (χ0v) is 15.6. The van der Waals surface area contributed by atoms with E-state index < -0.39 is 42.3 Å². The van der Waals surface area contributed by atoms with E-state index in [9.17, 15) is 8.42 Å². The van der Waals surface area contributed by atoms with Gasteiger partial charge in [-0.1, -0.05) is 66.5 Å². The zero-order valence-electron chi connectivity index (χ0n) is 19.2. The molecule has 1 aliphatic carbocycles. The van der Waals surface area contributed by atoms with E-state index in [1.54, 1.807) is 12.1 Å². The number of hydrogen-bond acceptors (Lipinski definition) is 2. The van der Waals surface area contributed by atoms with Gasteiger partial charge in [-0.3, -0.25) is 0 Å². The van der Waals surface area contributed by atoms with Crippen LogP contribution in [0.4, 0.5) is 0 Å². The minimum atomic E-state index is -4.92. The van der Waals surface area contributed by atoms with Crippen molar-refractivity contribution in [1.29, 1.82) is 0 Å². The van der Waals surface area contributed by atoms with Crippen molar-refractivity contribution in [2.75, 3.05) is 4.95 Å². The van der Waals surface area contributed by atoms with Gasteiger partial charge in [-0.2, -0.15) is 0 Å². The van der Waals surface area contributed by atoms with Gasteiger partial charge in [-0.15, -0.1) is 0 Å². The number of sulfone groups is 1. The van der Waals surface area contributed by atoms with Crippen molar-refractivity contribution in [2.24, 2.45) is 0 Å². The van der Waals surface area contributed by atoms with Crippen LogP contribution in [0.1, 0.15) is 48.5 Å². The Morgan fingerprint density at radius 3 is 2.48 bits per heavy atom. The molecular formula is C16H25BrO2SSi. The molecule has 2 rings (SSSR count). The molecule has 118 valence electrons. The summed E-state index contributed by atoms with van der Waals surface area (Å²) in [5, 5.41) is 0.465. The highest BCUT2D eigenvalue weighted by Gasteiger charge is 2.43. The van der Waals surface area contributed by atoms with Gasteiger partial charge in [0.2, 0.25) is 0 Å². The van der Waals surface area contributed by atoms with Crippen molar-refractivity contribution in [3.8, 4) is 0 Å². The molecule has 1 fully saturated rings. The highest BCUT2D eigenvalue weighted by atomic mass is 79.9. The number of alkyl halides is 1. The molecule has 0 N–H and O–H groups in total. The molecule has 0 heterocycles. The summed E-state index contributed by atoms with van der Waals surface area (Å²) in [5.41, 5.74) is 0. The van der Waals surface area contributed by atoms with Gasteiger partial charge in [0, 0.05) is 14.5 Å².